The van der Waals surface area contributed by atoms with Crippen molar-refractivity contribution in [3.63, 3.8) is 0 Å². The van der Waals surface area contributed by atoms with Crippen LogP contribution in [0.3, 0.4) is 0 Å². The van der Waals surface area contributed by atoms with E-state index in [1.807, 2.05) is 0 Å². The molecule has 7 heteroatoms. The van der Waals surface area contributed by atoms with E-state index in [1.165, 1.54) is 12.1 Å². The summed E-state index contributed by atoms with van der Waals surface area (Å²) in [4.78, 5) is 4.36. The molecule has 3 heterocycles. The van der Waals surface area contributed by atoms with E-state index in [9.17, 15) is 14.8 Å². The van der Waals surface area contributed by atoms with Gasteiger partial charge in [0.25, 0.3) is 0 Å². The number of H-pyrrole nitrogens is 1. The first kappa shape index (κ1) is 14.9. The maximum Gasteiger partial charge on any atom is 0.156 e. The van der Waals surface area contributed by atoms with Gasteiger partial charge in [0.15, 0.2) is 5.65 Å². The summed E-state index contributed by atoms with van der Waals surface area (Å²) in [6, 6.07) is 9.33. The van der Waals surface area contributed by atoms with E-state index in [0.29, 0.717) is 28.1 Å². The normalized spacial score (nSPS) is 10.9. The number of fused-ring (bicyclic) bond motifs is 1. The van der Waals surface area contributed by atoms with Crippen LogP contribution in [-0.4, -0.2) is 20.3 Å². The lowest BCUT2D eigenvalue weighted by molar-refractivity contribution is 0.469. The zero-order valence-corrected chi connectivity index (χ0v) is 13.0. The highest BCUT2D eigenvalue weighted by Crippen LogP contribution is 2.37. The van der Waals surface area contributed by atoms with Gasteiger partial charge in [-0.05, 0) is 31.2 Å². The molecule has 0 spiro atoms. The molecule has 25 heavy (non-hydrogen) atoms. The molecule has 4 aromatic rings. The third-order valence-corrected chi connectivity index (χ3v) is 3.91. The number of aromatic hydroxyl groups is 1. The van der Waals surface area contributed by atoms with Crippen LogP contribution in [0.1, 0.15) is 11.3 Å². The number of aromatic amines is 1. The summed E-state index contributed by atoms with van der Waals surface area (Å²) in [6.07, 6.45) is 1.55. The Hall–Kier alpha value is -3.66. The van der Waals surface area contributed by atoms with Gasteiger partial charge >= 0.3 is 0 Å². The summed E-state index contributed by atoms with van der Waals surface area (Å²) in [5.41, 5.74) is 1.34. The van der Waals surface area contributed by atoms with Crippen molar-refractivity contribution in [3.8, 4) is 34.4 Å². The Morgan fingerprint density at radius 1 is 1.28 bits per heavy atom. The first-order chi connectivity index (χ1) is 12.1. The van der Waals surface area contributed by atoms with Gasteiger partial charge in [0, 0.05) is 17.2 Å². The molecule has 2 N–H and O–H groups in total. The van der Waals surface area contributed by atoms with Crippen molar-refractivity contribution in [2.24, 2.45) is 0 Å². The molecule has 0 atom stereocenters. The van der Waals surface area contributed by atoms with E-state index in [4.69, 9.17) is 4.42 Å². The molecular weight excluding hydrogens is 323 g/mol. The number of furan rings is 1. The number of phenols is 1. The molecule has 0 aliphatic heterocycles. The van der Waals surface area contributed by atoms with E-state index in [2.05, 4.69) is 21.3 Å². The fourth-order valence-electron chi connectivity index (χ4n) is 2.79. The number of hydrogen-bond acceptors (Lipinski definition) is 5. The highest BCUT2D eigenvalue weighted by atomic mass is 19.1. The van der Waals surface area contributed by atoms with Crippen molar-refractivity contribution in [1.82, 2.24) is 15.2 Å². The SMILES string of the molecule is Cc1ccc(-c2c(C#N)c(-c3ccc(O)cc3F)nc3[nH]ncc23)o1. The molecular formula is C18H11FN4O2. The Kier molecular flexibility index (Phi) is 3.25. The number of nitriles is 1. The van der Waals surface area contributed by atoms with Crippen LogP contribution < -0.4 is 0 Å². The lowest BCUT2D eigenvalue weighted by atomic mass is 9.97. The second-order valence-corrected chi connectivity index (χ2v) is 5.53. The Labute approximate surface area is 141 Å². The van der Waals surface area contributed by atoms with E-state index in [1.54, 1.807) is 25.3 Å². The standard InChI is InChI=1S/C18H11FN4O2/c1-9-2-5-15(25-9)16-12(7-20)17(22-18-13(16)8-21-23-18)11-4-3-10(24)6-14(11)19/h2-6,8,24H,1H3,(H,21,22,23). The number of aromatic nitrogens is 3. The van der Waals surface area contributed by atoms with Crippen molar-refractivity contribution < 1.29 is 13.9 Å². The van der Waals surface area contributed by atoms with Gasteiger partial charge in [0.2, 0.25) is 0 Å². The molecule has 0 bridgehead atoms. The summed E-state index contributed by atoms with van der Waals surface area (Å²) < 4.78 is 20.0. The third kappa shape index (κ3) is 2.32. The molecule has 0 aliphatic rings. The van der Waals surface area contributed by atoms with Gasteiger partial charge in [-0.1, -0.05) is 0 Å². The van der Waals surface area contributed by atoms with Gasteiger partial charge in [-0.2, -0.15) is 10.4 Å². The highest BCUT2D eigenvalue weighted by Gasteiger charge is 2.22. The van der Waals surface area contributed by atoms with Crippen LogP contribution in [0.25, 0.3) is 33.6 Å². The molecule has 0 amide bonds. The van der Waals surface area contributed by atoms with E-state index < -0.39 is 5.82 Å². The van der Waals surface area contributed by atoms with Crippen LogP contribution in [0.5, 0.6) is 5.75 Å². The average Bonchev–Trinajstić information content (AvgIpc) is 3.21. The summed E-state index contributed by atoms with van der Waals surface area (Å²) in [5.74, 6) is 0.279. The maximum absolute atomic E-state index is 14.4. The van der Waals surface area contributed by atoms with Gasteiger partial charge in [-0.15, -0.1) is 0 Å². The lowest BCUT2D eigenvalue weighted by Gasteiger charge is -2.10. The minimum atomic E-state index is -0.676. The second kappa shape index (κ2) is 5.46. The fourth-order valence-corrected chi connectivity index (χ4v) is 2.79. The number of halogens is 1. The van der Waals surface area contributed by atoms with E-state index >= 15 is 0 Å². The summed E-state index contributed by atoms with van der Waals surface area (Å²) in [7, 11) is 0. The fraction of sp³-hybridized carbons (Fsp3) is 0.0556. The first-order valence-electron chi connectivity index (χ1n) is 7.41. The number of aryl methyl sites for hydroxylation is 1. The van der Waals surface area contributed by atoms with Crippen molar-refractivity contribution in [1.29, 1.82) is 5.26 Å². The van der Waals surface area contributed by atoms with Crippen LogP contribution in [-0.2, 0) is 0 Å². The van der Waals surface area contributed by atoms with Crippen molar-refractivity contribution in [2.45, 2.75) is 6.92 Å². The molecule has 0 radical (unpaired) electrons. The van der Waals surface area contributed by atoms with Crippen LogP contribution in [0.2, 0.25) is 0 Å². The molecule has 0 aliphatic carbocycles. The molecule has 4 rings (SSSR count). The van der Waals surface area contributed by atoms with Crippen LogP contribution in [0, 0.1) is 24.1 Å². The number of benzene rings is 1. The predicted molar refractivity (Wildman–Crippen MR) is 88.1 cm³/mol. The molecule has 0 saturated heterocycles. The number of rotatable bonds is 2. The van der Waals surface area contributed by atoms with Gasteiger partial charge in [0.1, 0.15) is 29.2 Å². The smallest absolute Gasteiger partial charge is 0.156 e. The Bertz CT molecular complexity index is 1150. The quantitative estimate of drug-likeness (QED) is 0.579. The topological polar surface area (TPSA) is 98.7 Å². The Morgan fingerprint density at radius 2 is 2.12 bits per heavy atom. The van der Waals surface area contributed by atoms with E-state index in [-0.39, 0.29) is 22.6 Å². The lowest BCUT2D eigenvalue weighted by Crippen LogP contribution is -1.97. The molecule has 3 aromatic heterocycles. The van der Waals surface area contributed by atoms with Crippen molar-refractivity contribution in [2.75, 3.05) is 0 Å². The number of nitrogens with zero attached hydrogens (tertiary/aromatic N) is 3. The average molecular weight is 334 g/mol. The van der Waals surface area contributed by atoms with Gasteiger partial charge < -0.3 is 9.52 Å². The van der Waals surface area contributed by atoms with Gasteiger partial charge in [-0.25, -0.2) is 9.37 Å². The van der Waals surface area contributed by atoms with Crippen LogP contribution >= 0.6 is 0 Å². The number of phenolic OH excluding ortho intramolecular Hbond substituents is 1. The molecule has 6 nitrogen and oxygen atoms in total. The van der Waals surface area contributed by atoms with E-state index in [0.717, 1.165) is 6.07 Å². The van der Waals surface area contributed by atoms with Crippen LogP contribution in [0.15, 0.2) is 40.9 Å². The van der Waals surface area contributed by atoms with Gasteiger partial charge in [-0.3, -0.25) is 5.10 Å². The van der Waals surface area contributed by atoms with Crippen molar-refractivity contribution >= 4 is 11.0 Å². The zero-order valence-electron chi connectivity index (χ0n) is 13.0. The molecule has 0 unspecified atom stereocenters. The number of nitrogens with one attached hydrogen (secondary N) is 1. The number of pyridine rings is 1. The summed E-state index contributed by atoms with van der Waals surface area (Å²) in [6.45, 7) is 1.80. The molecule has 0 saturated carbocycles. The minimum Gasteiger partial charge on any atom is -0.508 e. The van der Waals surface area contributed by atoms with Gasteiger partial charge in [0.05, 0.1) is 22.8 Å². The zero-order chi connectivity index (χ0) is 17.6. The number of hydrogen-bond donors (Lipinski definition) is 2. The predicted octanol–water partition coefficient (Wildman–Crippen LogP) is 3.91. The van der Waals surface area contributed by atoms with Crippen LogP contribution in [0.4, 0.5) is 4.39 Å². The second-order valence-electron chi connectivity index (χ2n) is 5.53. The Morgan fingerprint density at radius 3 is 2.80 bits per heavy atom. The largest absolute Gasteiger partial charge is 0.508 e. The summed E-state index contributed by atoms with van der Waals surface area (Å²) >= 11 is 0. The molecule has 122 valence electrons. The highest BCUT2D eigenvalue weighted by molar-refractivity contribution is 5.97. The minimum absolute atomic E-state index is 0.107. The molecule has 0 fully saturated rings. The monoisotopic (exact) mass is 334 g/mol. The summed E-state index contributed by atoms with van der Waals surface area (Å²) in [5, 5.41) is 26.5. The third-order valence-electron chi connectivity index (χ3n) is 3.91. The first-order valence-corrected chi connectivity index (χ1v) is 7.41. The maximum atomic E-state index is 14.4. The Balaban J connectivity index is 2.11. The van der Waals surface area contributed by atoms with Crippen molar-refractivity contribution in [3.05, 3.63) is 53.7 Å². The molecule has 1 aromatic carbocycles.